The third-order valence-electron chi connectivity index (χ3n) is 10.9. The zero-order chi connectivity index (χ0) is 33.5. The van der Waals surface area contributed by atoms with E-state index in [0.717, 1.165) is 11.2 Å². The van der Waals surface area contributed by atoms with Gasteiger partial charge in [0.1, 0.15) is 11.2 Å². The summed E-state index contributed by atoms with van der Waals surface area (Å²) < 4.78 is 6.33. The van der Waals surface area contributed by atoms with Crippen LogP contribution in [-0.2, 0) is 0 Å². The van der Waals surface area contributed by atoms with Crippen LogP contribution in [0.5, 0.6) is 0 Å². The fourth-order valence-electron chi connectivity index (χ4n) is 8.71. The highest BCUT2D eigenvalue weighted by molar-refractivity contribution is 6.27. The second-order valence-electron chi connectivity index (χ2n) is 13.5. The Kier molecular flexibility index (Phi) is 6.02. The van der Waals surface area contributed by atoms with Gasteiger partial charge >= 0.3 is 0 Å². The van der Waals surface area contributed by atoms with Crippen molar-refractivity contribution in [2.45, 2.75) is 0 Å². The van der Waals surface area contributed by atoms with Crippen LogP contribution in [0.1, 0.15) is 0 Å². The number of benzene rings is 10. The minimum Gasteiger partial charge on any atom is -0.456 e. The second kappa shape index (κ2) is 10.9. The Morgan fingerprint density at radius 3 is 1.47 bits per heavy atom. The minimum atomic E-state index is 0.938. The SMILES string of the molecule is c1ccc(-c2ccccc2-c2c3ccccc3c(-c3ccc(-c4ccc5oc6cccc7ccc4c5c76)c4ccccc34)c3ccccc23)cc1. The van der Waals surface area contributed by atoms with Crippen LogP contribution in [0.15, 0.2) is 186 Å². The van der Waals surface area contributed by atoms with E-state index in [1.165, 1.54) is 98.4 Å². The van der Waals surface area contributed by atoms with E-state index in [9.17, 15) is 0 Å². The molecule has 0 aliphatic carbocycles. The zero-order valence-corrected chi connectivity index (χ0v) is 27.7. The van der Waals surface area contributed by atoms with Gasteiger partial charge in [0.25, 0.3) is 0 Å². The maximum atomic E-state index is 6.33. The van der Waals surface area contributed by atoms with Crippen LogP contribution in [0.25, 0.3) is 110 Å². The summed E-state index contributed by atoms with van der Waals surface area (Å²) >= 11 is 0. The summed E-state index contributed by atoms with van der Waals surface area (Å²) in [6.07, 6.45) is 0. The van der Waals surface area contributed by atoms with E-state index >= 15 is 0 Å². The number of rotatable bonds is 4. The van der Waals surface area contributed by atoms with E-state index in [2.05, 4.69) is 182 Å². The molecule has 1 nitrogen and oxygen atoms in total. The van der Waals surface area contributed by atoms with Crippen molar-refractivity contribution >= 4 is 65.0 Å². The molecule has 11 aromatic rings. The van der Waals surface area contributed by atoms with Crippen molar-refractivity contribution in [3.8, 4) is 44.5 Å². The first kappa shape index (κ1) is 28.2. The summed E-state index contributed by atoms with van der Waals surface area (Å²) in [5.41, 5.74) is 11.8. The predicted molar refractivity (Wildman–Crippen MR) is 217 cm³/mol. The highest BCUT2D eigenvalue weighted by Crippen LogP contribution is 2.49. The molecule has 1 aromatic heterocycles. The lowest BCUT2D eigenvalue weighted by Crippen LogP contribution is -1.94. The minimum absolute atomic E-state index is 0.938. The number of furan rings is 1. The lowest BCUT2D eigenvalue weighted by molar-refractivity contribution is 0.669. The van der Waals surface area contributed by atoms with Crippen LogP contribution in [0.4, 0.5) is 0 Å². The number of hydrogen-bond donors (Lipinski definition) is 0. The highest BCUT2D eigenvalue weighted by atomic mass is 16.3. The second-order valence-corrected chi connectivity index (χ2v) is 13.5. The normalized spacial score (nSPS) is 11.9. The van der Waals surface area contributed by atoms with Crippen LogP contribution in [0.3, 0.4) is 0 Å². The molecule has 0 bridgehead atoms. The molecular formula is C50H30O. The lowest BCUT2D eigenvalue weighted by atomic mass is 9.82. The Labute approximate surface area is 295 Å². The van der Waals surface area contributed by atoms with E-state index in [0.29, 0.717) is 0 Å². The van der Waals surface area contributed by atoms with Gasteiger partial charge in [-0.2, -0.15) is 0 Å². The molecule has 0 atom stereocenters. The summed E-state index contributed by atoms with van der Waals surface area (Å²) in [7, 11) is 0. The molecule has 1 heterocycles. The molecule has 11 rings (SSSR count). The molecule has 0 saturated carbocycles. The van der Waals surface area contributed by atoms with Crippen molar-refractivity contribution in [3.05, 3.63) is 182 Å². The van der Waals surface area contributed by atoms with Crippen LogP contribution >= 0.6 is 0 Å². The summed E-state index contributed by atoms with van der Waals surface area (Å²) in [5, 5.41) is 12.3. The van der Waals surface area contributed by atoms with Crippen molar-refractivity contribution < 1.29 is 4.42 Å². The van der Waals surface area contributed by atoms with Gasteiger partial charge in [0.2, 0.25) is 0 Å². The van der Waals surface area contributed by atoms with E-state index in [1.54, 1.807) is 0 Å². The zero-order valence-electron chi connectivity index (χ0n) is 27.7. The molecule has 236 valence electrons. The van der Waals surface area contributed by atoms with E-state index in [1.807, 2.05) is 0 Å². The molecule has 0 spiro atoms. The van der Waals surface area contributed by atoms with Crippen LogP contribution in [0, 0.1) is 0 Å². The Balaban J connectivity index is 1.20. The van der Waals surface area contributed by atoms with Gasteiger partial charge < -0.3 is 4.42 Å². The van der Waals surface area contributed by atoms with E-state index < -0.39 is 0 Å². The van der Waals surface area contributed by atoms with Crippen LogP contribution in [0.2, 0.25) is 0 Å². The van der Waals surface area contributed by atoms with Gasteiger partial charge in [-0.1, -0.05) is 170 Å². The van der Waals surface area contributed by atoms with Gasteiger partial charge in [0.05, 0.1) is 0 Å². The molecule has 10 aromatic carbocycles. The molecule has 0 N–H and O–H groups in total. The fourth-order valence-corrected chi connectivity index (χ4v) is 8.71. The lowest BCUT2D eigenvalue weighted by Gasteiger charge is -2.21. The van der Waals surface area contributed by atoms with E-state index in [4.69, 9.17) is 4.42 Å². The average Bonchev–Trinajstić information content (AvgIpc) is 3.59. The molecule has 0 saturated heterocycles. The molecule has 0 unspecified atom stereocenters. The van der Waals surface area contributed by atoms with Crippen molar-refractivity contribution in [2.75, 3.05) is 0 Å². The molecule has 0 fully saturated rings. The number of fused-ring (bicyclic) bond motifs is 3. The van der Waals surface area contributed by atoms with Crippen LogP contribution in [-0.4, -0.2) is 0 Å². The van der Waals surface area contributed by atoms with E-state index in [-0.39, 0.29) is 0 Å². The van der Waals surface area contributed by atoms with Crippen molar-refractivity contribution in [3.63, 3.8) is 0 Å². The highest BCUT2D eigenvalue weighted by Gasteiger charge is 2.22. The first-order valence-corrected chi connectivity index (χ1v) is 17.6. The first-order chi connectivity index (χ1) is 25.3. The Bertz CT molecular complexity index is 3070. The third kappa shape index (κ3) is 4.09. The van der Waals surface area contributed by atoms with Gasteiger partial charge in [0, 0.05) is 10.8 Å². The molecular weight excluding hydrogens is 617 g/mol. The van der Waals surface area contributed by atoms with Gasteiger partial charge in [-0.3, -0.25) is 0 Å². The summed E-state index contributed by atoms with van der Waals surface area (Å²) in [5.74, 6) is 0. The summed E-state index contributed by atoms with van der Waals surface area (Å²) in [4.78, 5) is 0. The van der Waals surface area contributed by atoms with Gasteiger partial charge in [-0.05, 0) is 99.7 Å². The topological polar surface area (TPSA) is 13.1 Å². The quantitative estimate of drug-likeness (QED) is 0.137. The Morgan fingerprint density at radius 2 is 0.765 bits per heavy atom. The molecule has 0 aliphatic heterocycles. The van der Waals surface area contributed by atoms with Crippen molar-refractivity contribution in [1.82, 2.24) is 0 Å². The summed E-state index contributed by atoms with van der Waals surface area (Å²) in [6, 6.07) is 66.3. The largest absolute Gasteiger partial charge is 0.456 e. The third-order valence-corrected chi connectivity index (χ3v) is 10.9. The summed E-state index contributed by atoms with van der Waals surface area (Å²) in [6.45, 7) is 0. The molecule has 1 heteroatoms. The Morgan fingerprint density at radius 1 is 0.255 bits per heavy atom. The Hall–Kier alpha value is -6.70. The van der Waals surface area contributed by atoms with Crippen molar-refractivity contribution in [2.24, 2.45) is 0 Å². The average molecular weight is 647 g/mol. The molecule has 0 aliphatic rings. The monoisotopic (exact) mass is 646 g/mol. The number of hydrogen-bond acceptors (Lipinski definition) is 1. The maximum Gasteiger partial charge on any atom is 0.136 e. The van der Waals surface area contributed by atoms with Crippen LogP contribution < -0.4 is 0 Å². The molecule has 0 amide bonds. The maximum absolute atomic E-state index is 6.33. The molecule has 0 radical (unpaired) electrons. The van der Waals surface area contributed by atoms with Gasteiger partial charge in [-0.25, -0.2) is 0 Å². The molecule has 51 heavy (non-hydrogen) atoms. The standard InChI is InChI=1S/C50H30O/c1-2-13-31(14-3-1)33-16-4-7-19-38(33)48-39-20-8-10-22-41(39)49(42-23-11-9-21-40(42)48)43-28-27-36(34-17-5-6-18-35(34)43)37-29-30-46-50-44(37)26-25-32-15-12-24-45(51-46)47(32)50/h1-30H. The van der Waals surface area contributed by atoms with Gasteiger partial charge in [0.15, 0.2) is 0 Å². The van der Waals surface area contributed by atoms with Crippen molar-refractivity contribution in [1.29, 1.82) is 0 Å². The fraction of sp³-hybridized carbons (Fsp3) is 0. The van der Waals surface area contributed by atoms with Gasteiger partial charge in [-0.15, -0.1) is 0 Å². The predicted octanol–water partition coefficient (Wildman–Crippen LogP) is 14.3. The first-order valence-electron chi connectivity index (χ1n) is 17.6. The smallest absolute Gasteiger partial charge is 0.136 e.